The van der Waals surface area contributed by atoms with Gasteiger partial charge < -0.3 is 5.11 Å². The van der Waals surface area contributed by atoms with Crippen molar-refractivity contribution in [2.24, 2.45) is 10.2 Å². The van der Waals surface area contributed by atoms with Crippen molar-refractivity contribution in [2.75, 3.05) is 0 Å². The summed E-state index contributed by atoms with van der Waals surface area (Å²) < 4.78 is 0.998. The molecule has 0 spiro atoms. The van der Waals surface area contributed by atoms with Crippen LogP contribution in [0.4, 0.5) is 10.1 Å². The quantitative estimate of drug-likeness (QED) is 0.691. The van der Waals surface area contributed by atoms with Crippen LogP contribution >= 0.6 is 22.7 Å². The monoisotopic (exact) mass is 261 g/mol. The second kappa shape index (κ2) is 4.23. The number of hydrogen-bond acceptors (Lipinski definition) is 6. The number of thiazole rings is 1. The van der Waals surface area contributed by atoms with E-state index in [2.05, 4.69) is 15.2 Å². The van der Waals surface area contributed by atoms with Crippen molar-refractivity contribution in [3.8, 4) is 5.75 Å². The molecule has 17 heavy (non-hydrogen) atoms. The van der Waals surface area contributed by atoms with Gasteiger partial charge in [0.2, 0.25) is 5.13 Å². The van der Waals surface area contributed by atoms with E-state index < -0.39 is 0 Å². The molecule has 0 saturated carbocycles. The Hall–Kier alpha value is -1.79. The average molecular weight is 261 g/mol. The molecule has 4 nitrogen and oxygen atoms in total. The Kier molecular flexibility index (Phi) is 2.58. The Bertz CT molecular complexity index is 673. The lowest BCUT2D eigenvalue weighted by molar-refractivity contribution is 0.484. The van der Waals surface area contributed by atoms with Crippen LogP contribution in [0.3, 0.4) is 0 Å². The second-order valence-electron chi connectivity index (χ2n) is 3.27. The summed E-state index contributed by atoms with van der Waals surface area (Å²) in [4.78, 5) is 4.00. The van der Waals surface area contributed by atoms with E-state index in [-0.39, 0.29) is 5.75 Å². The minimum absolute atomic E-state index is 0.186. The van der Waals surface area contributed by atoms with Gasteiger partial charge in [-0.2, -0.15) is 0 Å². The van der Waals surface area contributed by atoms with Gasteiger partial charge in [-0.1, -0.05) is 12.1 Å². The van der Waals surface area contributed by atoms with Gasteiger partial charge >= 0.3 is 0 Å². The van der Waals surface area contributed by atoms with Crippen LogP contribution in [0.1, 0.15) is 0 Å². The average Bonchev–Trinajstić information content (AvgIpc) is 2.96. The van der Waals surface area contributed by atoms with E-state index in [1.54, 1.807) is 6.20 Å². The van der Waals surface area contributed by atoms with Crippen LogP contribution in [0.25, 0.3) is 10.1 Å². The Labute approximate surface area is 105 Å². The highest BCUT2D eigenvalue weighted by Gasteiger charge is 2.09. The molecular formula is C11H7N3OS2. The lowest BCUT2D eigenvalue weighted by Gasteiger charge is -1.88. The first kappa shape index (κ1) is 10.4. The van der Waals surface area contributed by atoms with E-state index in [4.69, 9.17) is 0 Å². The van der Waals surface area contributed by atoms with Crippen molar-refractivity contribution >= 4 is 42.9 Å². The van der Waals surface area contributed by atoms with Gasteiger partial charge in [0, 0.05) is 21.7 Å². The summed E-state index contributed by atoms with van der Waals surface area (Å²) >= 11 is 2.82. The molecule has 2 heterocycles. The Morgan fingerprint density at radius 3 is 2.82 bits per heavy atom. The van der Waals surface area contributed by atoms with Crippen LogP contribution in [-0.2, 0) is 0 Å². The zero-order chi connectivity index (χ0) is 11.7. The van der Waals surface area contributed by atoms with Gasteiger partial charge in [0.1, 0.15) is 0 Å². The molecular weight excluding hydrogens is 254 g/mol. The molecule has 1 aromatic carbocycles. The zero-order valence-electron chi connectivity index (χ0n) is 8.57. The second-order valence-corrected chi connectivity index (χ2v) is 5.17. The molecule has 0 bridgehead atoms. The summed E-state index contributed by atoms with van der Waals surface area (Å²) in [5, 5.41) is 21.7. The third-order valence-corrected chi connectivity index (χ3v) is 3.90. The number of rotatable bonds is 2. The van der Waals surface area contributed by atoms with Gasteiger partial charge in [-0.3, -0.25) is 0 Å². The normalized spacial score (nSPS) is 11.5. The SMILES string of the molecule is Oc1c(N=Nc2nccs2)sc2ccccc12. The molecule has 2 aromatic heterocycles. The minimum atomic E-state index is 0.186. The summed E-state index contributed by atoms with van der Waals surface area (Å²) in [6.07, 6.45) is 1.67. The molecule has 1 N–H and O–H groups in total. The fourth-order valence-electron chi connectivity index (χ4n) is 1.44. The highest BCUT2D eigenvalue weighted by molar-refractivity contribution is 7.23. The van der Waals surface area contributed by atoms with Crippen molar-refractivity contribution in [3.05, 3.63) is 35.8 Å². The van der Waals surface area contributed by atoms with Crippen molar-refractivity contribution in [1.82, 2.24) is 4.98 Å². The van der Waals surface area contributed by atoms with E-state index in [1.807, 2.05) is 29.6 Å². The van der Waals surface area contributed by atoms with E-state index in [1.165, 1.54) is 22.7 Å². The molecule has 0 radical (unpaired) electrons. The molecule has 3 rings (SSSR count). The number of hydrogen-bond donors (Lipinski definition) is 1. The highest BCUT2D eigenvalue weighted by Crippen LogP contribution is 2.43. The first-order valence-electron chi connectivity index (χ1n) is 4.86. The molecule has 84 valence electrons. The summed E-state index contributed by atoms with van der Waals surface area (Å²) in [5.74, 6) is 0.186. The summed E-state index contributed by atoms with van der Waals surface area (Å²) in [5.41, 5.74) is 0. The molecule has 0 fully saturated rings. The Morgan fingerprint density at radius 1 is 1.18 bits per heavy atom. The van der Waals surface area contributed by atoms with Gasteiger partial charge in [0.25, 0.3) is 0 Å². The summed E-state index contributed by atoms with van der Waals surface area (Å²) in [6.45, 7) is 0. The van der Waals surface area contributed by atoms with Gasteiger partial charge in [0.05, 0.1) is 0 Å². The number of benzene rings is 1. The van der Waals surface area contributed by atoms with Crippen LogP contribution < -0.4 is 0 Å². The lowest BCUT2D eigenvalue weighted by atomic mass is 10.2. The van der Waals surface area contributed by atoms with Crippen LogP contribution in [-0.4, -0.2) is 10.1 Å². The maximum Gasteiger partial charge on any atom is 0.229 e. The molecule has 6 heteroatoms. The minimum Gasteiger partial charge on any atom is -0.504 e. The van der Waals surface area contributed by atoms with E-state index in [0.717, 1.165) is 10.1 Å². The predicted octanol–water partition coefficient (Wildman–Crippen LogP) is 4.48. The smallest absolute Gasteiger partial charge is 0.229 e. The van der Waals surface area contributed by atoms with Crippen molar-refractivity contribution in [2.45, 2.75) is 0 Å². The van der Waals surface area contributed by atoms with Gasteiger partial charge in [-0.15, -0.1) is 32.9 Å². The van der Waals surface area contributed by atoms with Gasteiger partial charge in [-0.05, 0) is 12.1 Å². The maximum absolute atomic E-state index is 9.96. The van der Waals surface area contributed by atoms with E-state index in [0.29, 0.717) is 10.1 Å². The number of aromatic hydroxyl groups is 1. The first-order chi connectivity index (χ1) is 8.34. The van der Waals surface area contributed by atoms with E-state index >= 15 is 0 Å². The Balaban J connectivity index is 2.03. The topological polar surface area (TPSA) is 57.8 Å². The number of aromatic nitrogens is 1. The molecule has 0 saturated heterocycles. The van der Waals surface area contributed by atoms with Crippen LogP contribution in [0.5, 0.6) is 5.75 Å². The highest BCUT2D eigenvalue weighted by atomic mass is 32.1. The largest absolute Gasteiger partial charge is 0.504 e. The predicted molar refractivity (Wildman–Crippen MR) is 69.8 cm³/mol. The first-order valence-corrected chi connectivity index (χ1v) is 6.56. The molecule has 0 aliphatic carbocycles. The molecule has 0 unspecified atom stereocenters. The molecule has 3 aromatic rings. The van der Waals surface area contributed by atoms with Crippen LogP contribution in [0, 0.1) is 0 Å². The van der Waals surface area contributed by atoms with Crippen LogP contribution in [0.2, 0.25) is 0 Å². The zero-order valence-corrected chi connectivity index (χ0v) is 10.2. The van der Waals surface area contributed by atoms with Crippen molar-refractivity contribution in [1.29, 1.82) is 0 Å². The number of fused-ring (bicyclic) bond motifs is 1. The van der Waals surface area contributed by atoms with Crippen molar-refractivity contribution < 1.29 is 5.11 Å². The number of nitrogens with zero attached hydrogens (tertiary/aromatic N) is 3. The van der Waals surface area contributed by atoms with Gasteiger partial charge in [0.15, 0.2) is 10.8 Å². The lowest BCUT2D eigenvalue weighted by Crippen LogP contribution is -1.61. The fraction of sp³-hybridized carbons (Fsp3) is 0. The standard InChI is InChI=1S/C11H7N3OS2/c15-9-7-3-1-2-4-8(7)17-10(9)13-14-11-12-5-6-16-11/h1-6,15H. The maximum atomic E-state index is 9.96. The molecule has 0 aliphatic heterocycles. The van der Waals surface area contributed by atoms with Crippen molar-refractivity contribution in [3.63, 3.8) is 0 Å². The summed E-state index contributed by atoms with van der Waals surface area (Å²) in [7, 11) is 0. The third-order valence-electron chi connectivity index (χ3n) is 2.20. The van der Waals surface area contributed by atoms with E-state index in [9.17, 15) is 5.11 Å². The van der Waals surface area contributed by atoms with Gasteiger partial charge in [-0.25, -0.2) is 4.98 Å². The number of thiophene rings is 1. The molecule has 0 amide bonds. The Morgan fingerprint density at radius 2 is 2.06 bits per heavy atom. The number of azo groups is 1. The third kappa shape index (κ3) is 1.92. The summed E-state index contributed by atoms with van der Waals surface area (Å²) in [6, 6.07) is 7.63. The molecule has 0 atom stereocenters. The van der Waals surface area contributed by atoms with Crippen LogP contribution in [0.15, 0.2) is 46.1 Å². The molecule has 0 aliphatic rings. The fourth-order valence-corrected chi connectivity index (χ4v) is 2.81.